The highest BCUT2D eigenvalue weighted by Crippen LogP contribution is 2.39. The van der Waals surface area contributed by atoms with Gasteiger partial charge in [0.2, 0.25) is 0 Å². The van der Waals surface area contributed by atoms with Crippen LogP contribution in [0.4, 0.5) is 0 Å². The molecule has 0 atom stereocenters. The van der Waals surface area contributed by atoms with Gasteiger partial charge in [0.15, 0.2) is 5.88 Å². The Labute approximate surface area is 205 Å². The van der Waals surface area contributed by atoms with E-state index < -0.39 is 11.9 Å². The Morgan fingerprint density at radius 2 is 1.81 bits per heavy atom. The highest BCUT2D eigenvalue weighted by molar-refractivity contribution is 6.05. The Morgan fingerprint density at radius 3 is 2.44 bits per heavy atom. The van der Waals surface area contributed by atoms with Crippen LogP contribution in [-0.4, -0.2) is 74.4 Å². The predicted molar refractivity (Wildman–Crippen MR) is 132 cm³/mol. The second-order valence-electron chi connectivity index (χ2n) is 7.78. The second-order valence-corrected chi connectivity index (χ2v) is 7.78. The number of hydrogen-bond acceptors (Lipinski definition) is 8. The Morgan fingerprint density at radius 1 is 1.08 bits per heavy atom. The first kappa shape index (κ1) is 25.7. The summed E-state index contributed by atoms with van der Waals surface area (Å²) in [5.74, 6) is -1.77. The number of aromatic nitrogens is 3. The molecule has 0 saturated heterocycles. The number of fused-ring (bicyclic) bond motifs is 2. The van der Waals surface area contributed by atoms with E-state index in [0.717, 1.165) is 34.1 Å². The minimum absolute atomic E-state index is 0.0106. The zero-order valence-electron chi connectivity index (χ0n) is 19.5. The molecule has 0 radical (unpaired) electrons. The quantitative estimate of drug-likeness (QED) is 0.283. The molecule has 4 rings (SSSR count). The molecule has 36 heavy (non-hydrogen) atoms. The number of nitrogens with one attached hydrogen (secondary N) is 1. The third kappa shape index (κ3) is 6.34. The van der Waals surface area contributed by atoms with E-state index in [1.54, 1.807) is 18.2 Å². The lowest BCUT2D eigenvalue weighted by Gasteiger charge is -2.12. The summed E-state index contributed by atoms with van der Waals surface area (Å²) in [7, 11) is 3.99. The largest absolute Gasteiger partial charge is 0.494 e. The van der Waals surface area contributed by atoms with E-state index in [0.29, 0.717) is 35.6 Å². The van der Waals surface area contributed by atoms with Crippen molar-refractivity contribution in [3.8, 4) is 29.0 Å². The number of carbonyl (C=O) groups is 2. The van der Waals surface area contributed by atoms with Gasteiger partial charge in [0.1, 0.15) is 18.7 Å². The molecule has 2 aromatic carbocycles. The van der Waals surface area contributed by atoms with Gasteiger partial charge >= 0.3 is 11.9 Å². The summed E-state index contributed by atoms with van der Waals surface area (Å²) < 4.78 is 5.79. The van der Waals surface area contributed by atoms with Crippen molar-refractivity contribution in [2.75, 3.05) is 27.2 Å². The Kier molecular flexibility index (Phi) is 8.17. The van der Waals surface area contributed by atoms with E-state index in [-0.39, 0.29) is 5.88 Å². The van der Waals surface area contributed by atoms with Crippen molar-refractivity contribution in [3.63, 3.8) is 0 Å². The van der Waals surface area contributed by atoms with E-state index in [4.69, 9.17) is 14.9 Å². The van der Waals surface area contributed by atoms with E-state index in [2.05, 4.69) is 25.9 Å². The number of ether oxygens (including phenoxy) is 1. The SMILES string of the molecule is CN(C)CCOc1ccc2c(-c3c(O)[nH]c4ccc(C#N)cc34)ncnc2c1.O=C(O)/C=C/C(=O)O. The highest BCUT2D eigenvalue weighted by atomic mass is 16.5. The average molecular weight is 489 g/mol. The summed E-state index contributed by atoms with van der Waals surface area (Å²) in [5.41, 5.74) is 3.13. The van der Waals surface area contributed by atoms with Gasteiger partial charge in [-0.1, -0.05) is 0 Å². The fourth-order valence-corrected chi connectivity index (χ4v) is 3.30. The zero-order valence-corrected chi connectivity index (χ0v) is 19.5. The number of carboxylic acids is 2. The van der Waals surface area contributed by atoms with Crippen LogP contribution in [0.2, 0.25) is 0 Å². The second kappa shape index (κ2) is 11.5. The van der Waals surface area contributed by atoms with E-state index in [9.17, 15) is 20.0 Å². The zero-order chi connectivity index (χ0) is 26.2. The summed E-state index contributed by atoms with van der Waals surface area (Å²) in [6, 6.07) is 13.0. The van der Waals surface area contributed by atoms with Crippen LogP contribution in [0.5, 0.6) is 11.6 Å². The van der Waals surface area contributed by atoms with Gasteiger partial charge in [0, 0.05) is 41.1 Å². The van der Waals surface area contributed by atoms with Crippen molar-refractivity contribution in [2.24, 2.45) is 0 Å². The number of H-pyrrole nitrogens is 1. The first-order valence-electron chi connectivity index (χ1n) is 10.6. The Hall–Kier alpha value is -4.95. The third-order valence-electron chi connectivity index (χ3n) is 4.93. The van der Waals surface area contributed by atoms with Crippen LogP contribution in [0.3, 0.4) is 0 Å². The number of likely N-dealkylation sites (N-methyl/N-ethyl adjacent to an activating group) is 1. The molecule has 0 saturated carbocycles. The van der Waals surface area contributed by atoms with E-state index >= 15 is 0 Å². The summed E-state index contributed by atoms with van der Waals surface area (Å²) >= 11 is 0. The third-order valence-corrected chi connectivity index (χ3v) is 4.93. The summed E-state index contributed by atoms with van der Waals surface area (Å²) in [6.07, 6.45) is 2.58. The first-order chi connectivity index (χ1) is 17.2. The molecule has 2 heterocycles. The molecule has 0 amide bonds. The number of nitrogens with zero attached hydrogens (tertiary/aromatic N) is 4. The van der Waals surface area contributed by atoms with Crippen molar-refractivity contribution in [2.45, 2.75) is 0 Å². The first-order valence-corrected chi connectivity index (χ1v) is 10.6. The lowest BCUT2D eigenvalue weighted by atomic mass is 10.0. The van der Waals surface area contributed by atoms with Gasteiger partial charge in [-0.25, -0.2) is 19.6 Å². The standard InChI is InChI=1S/C21H19N5O2.C4H4O4/c1-26(2)7-8-28-14-4-5-15-18(10-14)23-12-24-20(15)19-16-9-13(11-22)3-6-17(16)25-21(19)27;5-3(6)1-2-4(7)8/h3-6,9-10,12,25,27H,7-8H2,1-2H3;1-2H,(H,5,6)(H,7,8)/b;2-1+. The van der Waals surface area contributed by atoms with Crippen LogP contribution in [0.1, 0.15) is 5.56 Å². The van der Waals surface area contributed by atoms with Gasteiger partial charge in [-0.3, -0.25) is 0 Å². The number of hydrogen-bond donors (Lipinski definition) is 4. The molecule has 184 valence electrons. The molecular weight excluding hydrogens is 466 g/mol. The fourth-order valence-electron chi connectivity index (χ4n) is 3.30. The molecule has 0 aliphatic carbocycles. The summed E-state index contributed by atoms with van der Waals surface area (Å²) in [6.45, 7) is 1.40. The molecule has 0 bridgehead atoms. The minimum Gasteiger partial charge on any atom is -0.494 e. The van der Waals surface area contributed by atoms with Crippen molar-refractivity contribution in [3.05, 3.63) is 60.4 Å². The normalized spacial score (nSPS) is 10.8. The number of rotatable bonds is 7. The predicted octanol–water partition coefficient (Wildman–Crippen LogP) is 3.01. The van der Waals surface area contributed by atoms with Crippen LogP contribution in [0.15, 0.2) is 54.9 Å². The maximum absolute atomic E-state index is 10.5. The van der Waals surface area contributed by atoms with Crippen molar-refractivity contribution < 1.29 is 29.6 Å². The number of benzene rings is 2. The van der Waals surface area contributed by atoms with Gasteiger partial charge in [0.05, 0.1) is 28.4 Å². The summed E-state index contributed by atoms with van der Waals surface area (Å²) in [4.78, 5) is 32.9. The molecule has 0 aliphatic heterocycles. The molecule has 4 N–H and O–H groups in total. The minimum atomic E-state index is -1.26. The van der Waals surface area contributed by atoms with Crippen LogP contribution < -0.4 is 4.74 Å². The highest BCUT2D eigenvalue weighted by Gasteiger charge is 2.18. The molecule has 0 spiro atoms. The van der Waals surface area contributed by atoms with Gasteiger partial charge in [-0.2, -0.15) is 5.26 Å². The topological polar surface area (TPSA) is 173 Å². The molecule has 0 aliphatic rings. The molecule has 11 heteroatoms. The Balaban J connectivity index is 0.000000392. The van der Waals surface area contributed by atoms with Crippen LogP contribution >= 0.6 is 0 Å². The van der Waals surface area contributed by atoms with Crippen molar-refractivity contribution in [1.82, 2.24) is 19.9 Å². The van der Waals surface area contributed by atoms with Gasteiger partial charge in [0.25, 0.3) is 0 Å². The van der Waals surface area contributed by atoms with Crippen LogP contribution in [0, 0.1) is 11.3 Å². The van der Waals surface area contributed by atoms with Crippen LogP contribution in [0.25, 0.3) is 33.1 Å². The van der Waals surface area contributed by atoms with Crippen molar-refractivity contribution in [1.29, 1.82) is 5.26 Å². The maximum Gasteiger partial charge on any atom is 0.328 e. The lowest BCUT2D eigenvalue weighted by molar-refractivity contribution is -0.134. The van der Waals surface area contributed by atoms with E-state index in [1.165, 1.54) is 6.33 Å². The molecule has 4 aromatic rings. The van der Waals surface area contributed by atoms with Gasteiger partial charge < -0.3 is 29.9 Å². The smallest absolute Gasteiger partial charge is 0.328 e. The molecule has 0 fully saturated rings. The Bertz CT molecular complexity index is 1470. The molecule has 2 aromatic heterocycles. The summed E-state index contributed by atoms with van der Waals surface area (Å²) in [5, 5.41) is 36.9. The fraction of sp³-hybridized carbons (Fsp3) is 0.160. The number of aromatic hydroxyl groups is 1. The number of aliphatic carboxylic acids is 2. The number of nitriles is 1. The van der Waals surface area contributed by atoms with Crippen molar-refractivity contribution >= 4 is 33.7 Å². The average Bonchev–Trinajstić information content (AvgIpc) is 3.17. The monoisotopic (exact) mass is 489 g/mol. The maximum atomic E-state index is 10.5. The molecule has 11 nitrogen and oxygen atoms in total. The van der Waals surface area contributed by atoms with Crippen LogP contribution in [-0.2, 0) is 9.59 Å². The number of aromatic amines is 1. The molecular formula is C25H23N5O6. The van der Waals surface area contributed by atoms with Gasteiger partial charge in [-0.05, 0) is 44.4 Å². The number of carboxylic acid groups (broad SMARTS) is 2. The van der Waals surface area contributed by atoms with E-state index in [1.807, 2.05) is 32.3 Å². The lowest BCUT2D eigenvalue weighted by Crippen LogP contribution is -2.19. The van der Waals surface area contributed by atoms with Gasteiger partial charge in [-0.15, -0.1) is 0 Å². The molecule has 0 unspecified atom stereocenters.